The molecule has 1 aromatic heterocycles. The van der Waals surface area contributed by atoms with E-state index in [0.717, 1.165) is 15.6 Å². The predicted octanol–water partition coefficient (Wildman–Crippen LogP) is 3.14. The highest BCUT2D eigenvalue weighted by Crippen LogP contribution is 2.33. The Labute approximate surface area is 100 Å². The largest absolute Gasteiger partial charge is 0.396 e. The Kier molecular flexibility index (Phi) is 2.88. The minimum Gasteiger partial charge on any atom is -0.396 e. The van der Waals surface area contributed by atoms with Gasteiger partial charge in [0, 0.05) is 10.0 Å². The monoisotopic (exact) mass is 283 g/mol. The number of nitrogens with two attached hydrogens (primary N) is 1. The minimum absolute atomic E-state index is 0.225. The summed E-state index contributed by atoms with van der Waals surface area (Å²) in [4.78, 5) is 0. The Bertz CT molecular complexity index is 502. The van der Waals surface area contributed by atoms with E-state index in [2.05, 4.69) is 26.1 Å². The molecule has 0 saturated heterocycles. The number of hydrogen-bond donors (Lipinski definition) is 1. The summed E-state index contributed by atoms with van der Waals surface area (Å²) in [5, 5.41) is 7.67. The number of nitrogen functional groups attached to an aromatic ring is 1. The van der Waals surface area contributed by atoms with Gasteiger partial charge in [0.15, 0.2) is 5.15 Å². The third-order valence-corrected chi connectivity index (χ3v) is 2.98. The summed E-state index contributed by atoms with van der Waals surface area (Å²) in [5.41, 5.74) is 8.00. The van der Waals surface area contributed by atoms with E-state index in [9.17, 15) is 0 Å². The summed E-state index contributed by atoms with van der Waals surface area (Å²) < 4.78 is 0.945. The lowest BCUT2D eigenvalue weighted by Crippen LogP contribution is -1.95. The summed E-state index contributed by atoms with van der Waals surface area (Å²) in [5.74, 6) is 0. The molecule has 0 spiro atoms. The van der Waals surface area contributed by atoms with Gasteiger partial charge in [-0.05, 0) is 11.6 Å². The van der Waals surface area contributed by atoms with Gasteiger partial charge in [-0.15, -0.1) is 5.10 Å². The molecule has 76 valence electrons. The number of hydrogen-bond acceptors (Lipinski definition) is 3. The molecule has 3 nitrogen and oxygen atoms in total. The summed E-state index contributed by atoms with van der Waals surface area (Å²) in [6.45, 7) is 0. The zero-order valence-corrected chi connectivity index (χ0v) is 9.96. The standard InChI is InChI=1S/C10H7BrClN3/c11-8-4-2-1-3-6(8)7-5-14-15-10(12)9(7)13/h1-5H,(H2,13,14). The first kappa shape index (κ1) is 10.4. The van der Waals surface area contributed by atoms with Crippen LogP contribution >= 0.6 is 27.5 Å². The van der Waals surface area contributed by atoms with Crippen LogP contribution in [0, 0.1) is 0 Å². The molecule has 2 aromatic rings. The molecule has 0 aliphatic carbocycles. The van der Waals surface area contributed by atoms with Crippen LogP contribution in [0.4, 0.5) is 5.69 Å². The van der Waals surface area contributed by atoms with Crippen molar-refractivity contribution in [2.45, 2.75) is 0 Å². The fourth-order valence-electron chi connectivity index (χ4n) is 1.27. The molecule has 0 aliphatic heterocycles. The van der Waals surface area contributed by atoms with Crippen molar-refractivity contribution in [1.29, 1.82) is 0 Å². The van der Waals surface area contributed by atoms with E-state index in [4.69, 9.17) is 17.3 Å². The number of anilines is 1. The first-order valence-corrected chi connectivity index (χ1v) is 5.39. The molecule has 0 fully saturated rings. The minimum atomic E-state index is 0.225. The molecular weight excluding hydrogens is 277 g/mol. The van der Waals surface area contributed by atoms with Crippen LogP contribution in [0.5, 0.6) is 0 Å². The molecule has 1 heterocycles. The van der Waals surface area contributed by atoms with Gasteiger partial charge >= 0.3 is 0 Å². The quantitative estimate of drug-likeness (QED) is 0.875. The molecule has 0 bridgehead atoms. The molecule has 0 atom stereocenters. The summed E-state index contributed by atoms with van der Waals surface area (Å²) in [6.07, 6.45) is 1.60. The van der Waals surface area contributed by atoms with E-state index in [1.54, 1.807) is 6.20 Å². The second kappa shape index (κ2) is 4.16. The topological polar surface area (TPSA) is 51.8 Å². The van der Waals surface area contributed by atoms with Crippen molar-refractivity contribution in [3.8, 4) is 11.1 Å². The molecule has 5 heteroatoms. The third kappa shape index (κ3) is 1.96. The normalized spacial score (nSPS) is 10.3. The van der Waals surface area contributed by atoms with Gasteiger partial charge in [-0.3, -0.25) is 0 Å². The second-order valence-electron chi connectivity index (χ2n) is 2.94. The fourth-order valence-corrected chi connectivity index (χ4v) is 1.91. The number of nitrogens with zero attached hydrogens (tertiary/aromatic N) is 2. The van der Waals surface area contributed by atoms with E-state index in [1.165, 1.54) is 0 Å². The van der Waals surface area contributed by atoms with E-state index in [-0.39, 0.29) is 5.15 Å². The average Bonchev–Trinajstić information content (AvgIpc) is 2.23. The number of benzene rings is 1. The maximum atomic E-state index is 5.83. The van der Waals surface area contributed by atoms with Gasteiger partial charge in [0.2, 0.25) is 0 Å². The van der Waals surface area contributed by atoms with Gasteiger partial charge in [0.05, 0.1) is 11.9 Å². The van der Waals surface area contributed by atoms with Gasteiger partial charge in [0.25, 0.3) is 0 Å². The van der Waals surface area contributed by atoms with Crippen molar-refractivity contribution >= 4 is 33.2 Å². The molecule has 2 rings (SSSR count). The van der Waals surface area contributed by atoms with Gasteiger partial charge in [-0.2, -0.15) is 5.10 Å². The lowest BCUT2D eigenvalue weighted by atomic mass is 10.1. The van der Waals surface area contributed by atoms with Crippen molar-refractivity contribution in [3.63, 3.8) is 0 Å². The van der Waals surface area contributed by atoms with Crippen LogP contribution in [-0.4, -0.2) is 10.2 Å². The van der Waals surface area contributed by atoms with Crippen LogP contribution in [-0.2, 0) is 0 Å². The Hall–Kier alpha value is -1.13. The Morgan fingerprint density at radius 2 is 1.93 bits per heavy atom. The SMILES string of the molecule is Nc1c(-c2ccccc2Br)cnnc1Cl. The number of halogens is 2. The molecular formula is C10H7BrClN3. The smallest absolute Gasteiger partial charge is 0.175 e. The molecule has 0 unspecified atom stereocenters. The van der Waals surface area contributed by atoms with Gasteiger partial charge < -0.3 is 5.73 Å². The summed E-state index contributed by atoms with van der Waals surface area (Å²) in [7, 11) is 0. The fraction of sp³-hybridized carbons (Fsp3) is 0. The predicted molar refractivity (Wildman–Crippen MR) is 64.6 cm³/mol. The van der Waals surface area contributed by atoms with Gasteiger partial charge in [-0.25, -0.2) is 0 Å². The van der Waals surface area contributed by atoms with Crippen molar-refractivity contribution < 1.29 is 0 Å². The van der Waals surface area contributed by atoms with Gasteiger partial charge in [0.1, 0.15) is 0 Å². The van der Waals surface area contributed by atoms with Crippen molar-refractivity contribution in [2.75, 3.05) is 5.73 Å². The molecule has 15 heavy (non-hydrogen) atoms. The van der Waals surface area contributed by atoms with E-state index in [1.807, 2.05) is 24.3 Å². The van der Waals surface area contributed by atoms with Crippen molar-refractivity contribution in [3.05, 3.63) is 40.1 Å². The Morgan fingerprint density at radius 3 is 2.67 bits per heavy atom. The maximum absolute atomic E-state index is 5.83. The van der Waals surface area contributed by atoms with Crippen LogP contribution in [0.15, 0.2) is 34.9 Å². The number of rotatable bonds is 1. The van der Waals surface area contributed by atoms with Crippen LogP contribution in [0.25, 0.3) is 11.1 Å². The maximum Gasteiger partial charge on any atom is 0.175 e. The lowest BCUT2D eigenvalue weighted by molar-refractivity contribution is 1.04. The van der Waals surface area contributed by atoms with E-state index >= 15 is 0 Å². The van der Waals surface area contributed by atoms with E-state index < -0.39 is 0 Å². The molecule has 0 aliphatic rings. The van der Waals surface area contributed by atoms with Crippen molar-refractivity contribution in [1.82, 2.24) is 10.2 Å². The summed E-state index contributed by atoms with van der Waals surface area (Å²) in [6, 6.07) is 7.73. The molecule has 0 amide bonds. The zero-order valence-electron chi connectivity index (χ0n) is 7.61. The first-order chi connectivity index (χ1) is 7.20. The highest BCUT2D eigenvalue weighted by atomic mass is 79.9. The van der Waals surface area contributed by atoms with Gasteiger partial charge in [-0.1, -0.05) is 45.7 Å². The van der Waals surface area contributed by atoms with Crippen LogP contribution in [0.1, 0.15) is 0 Å². The Balaban J connectivity index is 2.65. The lowest BCUT2D eigenvalue weighted by Gasteiger charge is -2.07. The Morgan fingerprint density at radius 1 is 1.20 bits per heavy atom. The van der Waals surface area contributed by atoms with Crippen molar-refractivity contribution in [2.24, 2.45) is 0 Å². The summed E-state index contributed by atoms with van der Waals surface area (Å²) >= 11 is 9.25. The highest BCUT2D eigenvalue weighted by Gasteiger charge is 2.09. The van der Waals surface area contributed by atoms with E-state index in [0.29, 0.717) is 5.69 Å². The van der Waals surface area contributed by atoms with Crippen LogP contribution < -0.4 is 5.73 Å². The first-order valence-electron chi connectivity index (χ1n) is 4.21. The third-order valence-electron chi connectivity index (χ3n) is 2.01. The second-order valence-corrected chi connectivity index (χ2v) is 4.15. The molecule has 2 N–H and O–H groups in total. The average molecular weight is 285 g/mol. The molecule has 0 radical (unpaired) electrons. The molecule has 0 saturated carbocycles. The number of aromatic nitrogens is 2. The van der Waals surface area contributed by atoms with Crippen LogP contribution in [0.2, 0.25) is 5.15 Å². The van der Waals surface area contributed by atoms with Crippen LogP contribution in [0.3, 0.4) is 0 Å². The zero-order chi connectivity index (χ0) is 10.8. The highest BCUT2D eigenvalue weighted by molar-refractivity contribution is 9.10. The molecule has 1 aromatic carbocycles.